The van der Waals surface area contributed by atoms with Gasteiger partial charge in [-0.15, -0.1) is 0 Å². The topological polar surface area (TPSA) is 127 Å². The predicted molar refractivity (Wildman–Crippen MR) is 78.4 cm³/mol. The number of rotatable bonds is 6. The molecule has 0 saturated heterocycles. The van der Waals surface area contributed by atoms with Crippen LogP contribution in [0.5, 0.6) is 0 Å². The smallest absolute Gasteiger partial charge is 0.293 e. The Hall–Kier alpha value is -1.71. The van der Waals surface area contributed by atoms with Crippen LogP contribution in [-0.4, -0.2) is 41.9 Å². The molecule has 0 aliphatic carbocycles. The number of anilines is 1. The van der Waals surface area contributed by atoms with Crippen LogP contribution < -0.4 is 5.73 Å². The fraction of sp³-hybridized carbons (Fsp3) is 0.500. The molecule has 0 aliphatic rings. The molecule has 1 rings (SSSR count). The summed E-state index contributed by atoms with van der Waals surface area (Å²) >= 11 is 0. The number of benzene rings is 1. The molecule has 21 heavy (non-hydrogen) atoms. The van der Waals surface area contributed by atoms with Gasteiger partial charge in [0, 0.05) is 18.7 Å². The molecule has 0 bridgehead atoms. The molecular formula is C12H19N3O5S. The third-order valence-electron chi connectivity index (χ3n) is 3.00. The summed E-state index contributed by atoms with van der Waals surface area (Å²) in [7, 11) is -3.95. The molecule has 1 aromatic rings. The molecule has 3 N–H and O–H groups in total. The number of sulfonamides is 1. The quantitative estimate of drug-likeness (QED) is 0.455. The number of nitrogens with zero attached hydrogens (tertiary/aromatic N) is 2. The first-order valence-electron chi connectivity index (χ1n) is 6.30. The fourth-order valence-electron chi connectivity index (χ4n) is 2.02. The first kappa shape index (κ1) is 17.3. The van der Waals surface area contributed by atoms with Crippen molar-refractivity contribution in [2.45, 2.75) is 31.7 Å². The van der Waals surface area contributed by atoms with Crippen LogP contribution in [0.2, 0.25) is 0 Å². The first-order valence-corrected chi connectivity index (χ1v) is 7.74. The summed E-state index contributed by atoms with van der Waals surface area (Å²) in [5.41, 5.74) is 5.32. The molecule has 0 fully saturated rings. The number of aliphatic hydroxyl groups is 1. The van der Waals surface area contributed by atoms with Crippen molar-refractivity contribution in [3.63, 3.8) is 0 Å². The van der Waals surface area contributed by atoms with E-state index in [1.165, 1.54) is 13.0 Å². The van der Waals surface area contributed by atoms with Gasteiger partial charge in [0.2, 0.25) is 10.0 Å². The molecule has 118 valence electrons. The number of nitro benzene ring substituents is 1. The maximum atomic E-state index is 12.6. The molecule has 0 aliphatic heterocycles. The summed E-state index contributed by atoms with van der Waals surface area (Å²) in [4.78, 5) is 10.0. The summed E-state index contributed by atoms with van der Waals surface area (Å²) in [6, 6.07) is 1.84. The third-order valence-corrected chi connectivity index (χ3v) is 5.22. The van der Waals surface area contributed by atoms with Crippen LogP contribution in [0.4, 0.5) is 11.4 Å². The fourth-order valence-corrected chi connectivity index (χ4v) is 3.87. The second kappa shape index (κ2) is 6.37. The van der Waals surface area contributed by atoms with Crippen LogP contribution in [0.25, 0.3) is 0 Å². The highest BCUT2D eigenvalue weighted by Crippen LogP contribution is 2.30. The Labute approximate surface area is 123 Å². The van der Waals surface area contributed by atoms with Crippen molar-refractivity contribution in [2.24, 2.45) is 0 Å². The Balaban J connectivity index is 3.50. The Bertz CT molecular complexity index is 643. The normalized spacial score (nSPS) is 12.1. The highest BCUT2D eigenvalue weighted by atomic mass is 32.2. The number of nitrogen functional groups attached to an aromatic ring is 1. The molecule has 1 aromatic carbocycles. The van der Waals surface area contributed by atoms with Gasteiger partial charge in [-0.3, -0.25) is 10.1 Å². The van der Waals surface area contributed by atoms with Crippen LogP contribution in [0.15, 0.2) is 17.0 Å². The molecule has 0 radical (unpaired) electrons. The maximum absolute atomic E-state index is 12.6. The highest BCUT2D eigenvalue weighted by molar-refractivity contribution is 7.89. The van der Waals surface area contributed by atoms with Gasteiger partial charge >= 0.3 is 0 Å². The minimum absolute atomic E-state index is 0.0857. The van der Waals surface area contributed by atoms with Gasteiger partial charge in [-0.25, -0.2) is 8.42 Å². The van der Waals surface area contributed by atoms with E-state index in [0.29, 0.717) is 5.56 Å². The van der Waals surface area contributed by atoms with Crippen molar-refractivity contribution in [3.05, 3.63) is 27.8 Å². The van der Waals surface area contributed by atoms with Gasteiger partial charge in [-0.1, -0.05) is 0 Å². The second-order valence-electron chi connectivity index (χ2n) is 4.87. The van der Waals surface area contributed by atoms with Crippen molar-refractivity contribution >= 4 is 21.4 Å². The van der Waals surface area contributed by atoms with Gasteiger partial charge in [0.25, 0.3) is 5.69 Å². The Morgan fingerprint density at radius 2 is 2.00 bits per heavy atom. The lowest BCUT2D eigenvalue weighted by atomic mass is 10.2. The number of aryl methyl sites for hydroxylation is 1. The number of nitrogens with two attached hydrogens (primary N) is 1. The lowest BCUT2D eigenvalue weighted by Gasteiger charge is -2.25. The van der Waals surface area contributed by atoms with Crippen LogP contribution >= 0.6 is 0 Å². The average Bonchev–Trinajstić information content (AvgIpc) is 2.34. The summed E-state index contributed by atoms with van der Waals surface area (Å²) in [6.07, 6.45) is 0. The molecule has 8 nitrogen and oxygen atoms in total. The number of hydrogen-bond acceptors (Lipinski definition) is 6. The van der Waals surface area contributed by atoms with Gasteiger partial charge in [0.1, 0.15) is 5.69 Å². The van der Waals surface area contributed by atoms with Gasteiger partial charge in [0.05, 0.1) is 16.4 Å². The van der Waals surface area contributed by atoms with E-state index in [-0.39, 0.29) is 23.7 Å². The van der Waals surface area contributed by atoms with E-state index in [1.54, 1.807) is 13.8 Å². The number of nitro groups is 1. The highest BCUT2D eigenvalue weighted by Gasteiger charge is 2.30. The van der Waals surface area contributed by atoms with Crippen LogP contribution in [0, 0.1) is 17.0 Å². The van der Waals surface area contributed by atoms with Gasteiger partial charge < -0.3 is 10.8 Å². The molecule has 0 heterocycles. The molecule has 0 amide bonds. The van der Waals surface area contributed by atoms with Gasteiger partial charge in [0.15, 0.2) is 0 Å². The van der Waals surface area contributed by atoms with Crippen LogP contribution in [0.3, 0.4) is 0 Å². The summed E-state index contributed by atoms with van der Waals surface area (Å²) in [6.45, 7) is 4.41. The summed E-state index contributed by atoms with van der Waals surface area (Å²) in [5.74, 6) is 0. The largest absolute Gasteiger partial charge is 0.395 e. The zero-order valence-electron chi connectivity index (χ0n) is 12.1. The van der Waals surface area contributed by atoms with Crippen molar-refractivity contribution < 1.29 is 18.4 Å². The Morgan fingerprint density at radius 3 is 2.43 bits per heavy atom. The Kier molecular flexibility index (Phi) is 5.26. The van der Waals surface area contributed by atoms with Crippen molar-refractivity contribution in [1.82, 2.24) is 4.31 Å². The average molecular weight is 317 g/mol. The van der Waals surface area contributed by atoms with Crippen LogP contribution in [-0.2, 0) is 10.0 Å². The number of hydrogen-bond donors (Lipinski definition) is 2. The molecule has 0 aromatic heterocycles. The van der Waals surface area contributed by atoms with E-state index in [1.807, 2.05) is 0 Å². The van der Waals surface area contributed by atoms with Crippen molar-refractivity contribution in [1.29, 1.82) is 0 Å². The third kappa shape index (κ3) is 3.49. The molecular weight excluding hydrogens is 298 g/mol. The zero-order valence-corrected chi connectivity index (χ0v) is 12.9. The second-order valence-corrected chi connectivity index (χ2v) is 6.73. The first-order chi connectivity index (χ1) is 9.62. The minimum Gasteiger partial charge on any atom is -0.395 e. The molecule has 0 saturated carbocycles. The molecule has 0 atom stereocenters. The predicted octanol–water partition coefficient (Wildman–Crippen LogP) is 0.877. The van der Waals surface area contributed by atoms with Crippen LogP contribution in [0.1, 0.15) is 19.4 Å². The number of aliphatic hydroxyl groups excluding tert-OH is 1. The van der Waals surface area contributed by atoms with E-state index in [2.05, 4.69) is 0 Å². The standard InChI is InChI=1S/C12H19N3O5S/c1-8(2)14(4-5-16)21(19,20)12-7-11(15(17)18)10(13)6-9(12)3/h6-8,16H,4-5,13H2,1-3H3. The van der Waals surface area contributed by atoms with E-state index in [0.717, 1.165) is 10.4 Å². The lowest BCUT2D eigenvalue weighted by Crippen LogP contribution is -2.39. The van der Waals surface area contributed by atoms with Gasteiger partial charge in [-0.05, 0) is 32.4 Å². The van der Waals surface area contributed by atoms with Crippen molar-refractivity contribution in [3.8, 4) is 0 Å². The van der Waals surface area contributed by atoms with E-state index < -0.39 is 26.7 Å². The van der Waals surface area contributed by atoms with Crippen molar-refractivity contribution in [2.75, 3.05) is 18.9 Å². The Morgan fingerprint density at radius 1 is 1.43 bits per heavy atom. The zero-order chi connectivity index (χ0) is 16.4. The SMILES string of the molecule is Cc1cc(N)c([N+](=O)[O-])cc1S(=O)(=O)N(CCO)C(C)C. The molecule has 0 spiro atoms. The lowest BCUT2D eigenvalue weighted by molar-refractivity contribution is -0.384. The van der Waals surface area contributed by atoms with Gasteiger partial charge in [-0.2, -0.15) is 4.31 Å². The summed E-state index contributed by atoms with van der Waals surface area (Å²) < 4.78 is 26.3. The molecule has 9 heteroatoms. The summed E-state index contributed by atoms with van der Waals surface area (Å²) in [5, 5.41) is 19.9. The minimum atomic E-state index is -3.95. The monoisotopic (exact) mass is 317 g/mol. The maximum Gasteiger partial charge on any atom is 0.293 e. The van der Waals surface area contributed by atoms with E-state index in [9.17, 15) is 18.5 Å². The van der Waals surface area contributed by atoms with E-state index in [4.69, 9.17) is 10.8 Å². The van der Waals surface area contributed by atoms with E-state index >= 15 is 0 Å². The molecule has 0 unspecified atom stereocenters.